The van der Waals surface area contributed by atoms with Gasteiger partial charge in [-0.15, -0.1) is 11.3 Å². The van der Waals surface area contributed by atoms with E-state index in [-0.39, 0.29) is 0 Å². The van der Waals surface area contributed by atoms with Crippen LogP contribution in [0.4, 0.5) is 5.82 Å². The van der Waals surface area contributed by atoms with E-state index in [0.717, 1.165) is 25.3 Å². The fourth-order valence-electron chi connectivity index (χ4n) is 3.64. The standard InChI is InChI=1S/C18H29N5S/c1-13(23-8-6-17-15(12-23)7-9-24-17)10-19-11-16-14(2)20-22(5)18(16)21(3)4/h7,9,13,19H,6,8,10-12H2,1-5H3/t13-/m1/s1. The third-order valence-electron chi connectivity index (χ3n) is 4.94. The minimum absolute atomic E-state index is 0.540. The average Bonchev–Trinajstić information content (AvgIpc) is 3.10. The van der Waals surface area contributed by atoms with E-state index in [2.05, 4.69) is 59.6 Å². The van der Waals surface area contributed by atoms with E-state index in [0.29, 0.717) is 6.04 Å². The first kappa shape index (κ1) is 17.5. The number of aromatic nitrogens is 2. The fraction of sp³-hybridized carbons (Fsp3) is 0.611. The van der Waals surface area contributed by atoms with Crippen LogP contribution in [0.3, 0.4) is 0 Å². The summed E-state index contributed by atoms with van der Waals surface area (Å²) in [7, 11) is 6.17. The van der Waals surface area contributed by atoms with Gasteiger partial charge in [-0.1, -0.05) is 0 Å². The molecule has 1 N–H and O–H groups in total. The first-order valence-electron chi connectivity index (χ1n) is 8.67. The third kappa shape index (κ3) is 3.50. The second-order valence-corrected chi connectivity index (χ2v) is 7.98. The molecule has 5 nitrogen and oxygen atoms in total. The van der Waals surface area contributed by atoms with Gasteiger partial charge in [-0.3, -0.25) is 9.58 Å². The molecule has 0 unspecified atom stereocenters. The summed E-state index contributed by atoms with van der Waals surface area (Å²) in [6, 6.07) is 2.83. The molecule has 6 heteroatoms. The zero-order chi connectivity index (χ0) is 17.3. The van der Waals surface area contributed by atoms with Crippen molar-refractivity contribution in [3.05, 3.63) is 33.1 Å². The summed E-state index contributed by atoms with van der Waals surface area (Å²) in [5, 5.41) is 10.4. The maximum atomic E-state index is 4.56. The van der Waals surface area contributed by atoms with E-state index < -0.39 is 0 Å². The minimum Gasteiger partial charge on any atom is -0.363 e. The van der Waals surface area contributed by atoms with Gasteiger partial charge in [0.05, 0.1) is 5.69 Å². The van der Waals surface area contributed by atoms with Gasteiger partial charge >= 0.3 is 0 Å². The van der Waals surface area contributed by atoms with E-state index in [4.69, 9.17) is 0 Å². The van der Waals surface area contributed by atoms with E-state index in [1.165, 1.54) is 29.9 Å². The van der Waals surface area contributed by atoms with Crippen molar-refractivity contribution in [2.24, 2.45) is 7.05 Å². The summed E-state index contributed by atoms with van der Waals surface area (Å²) in [4.78, 5) is 6.31. The van der Waals surface area contributed by atoms with Crippen LogP contribution in [0, 0.1) is 6.92 Å². The summed E-state index contributed by atoms with van der Waals surface area (Å²) in [6.07, 6.45) is 1.20. The molecule has 3 rings (SSSR count). The van der Waals surface area contributed by atoms with Crippen LogP contribution >= 0.6 is 11.3 Å². The summed E-state index contributed by atoms with van der Waals surface area (Å²) < 4.78 is 1.97. The third-order valence-corrected chi connectivity index (χ3v) is 5.96. The molecule has 0 saturated carbocycles. The van der Waals surface area contributed by atoms with Crippen LogP contribution in [0.15, 0.2) is 11.4 Å². The van der Waals surface area contributed by atoms with Gasteiger partial charge in [-0.2, -0.15) is 5.10 Å². The van der Waals surface area contributed by atoms with Gasteiger partial charge in [0.2, 0.25) is 0 Å². The number of rotatable bonds is 6. The lowest BCUT2D eigenvalue weighted by molar-refractivity contribution is 0.188. The molecule has 132 valence electrons. The topological polar surface area (TPSA) is 36.3 Å². The molecule has 1 aliphatic heterocycles. The molecule has 0 fully saturated rings. The predicted molar refractivity (Wildman–Crippen MR) is 102 cm³/mol. The minimum atomic E-state index is 0.540. The monoisotopic (exact) mass is 347 g/mol. The number of nitrogens with zero attached hydrogens (tertiary/aromatic N) is 4. The van der Waals surface area contributed by atoms with E-state index in [1.807, 2.05) is 23.1 Å². The van der Waals surface area contributed by atoms with Crippen LogP contribution in [0.2, 0.25) is 0 Å². The quantitative estimate of drug-likeness (QED) is 0.870. The molecule has 0 amide bonds. The molecule has 0 aromatic carbocycles. The van der Waals surface area contributed by atoms with Gasteiger partial charge in [0, 0.05) is 63.8 Å². The highest BCUT2D eigenvalue weighted by atomic mass is 32.1. The largest absolute Gasteiger partial charge is 0.363 e. The van der Waals surface area contributed by atoms with Gasteiger partial charge in [0.25, 0.3) is 0 Å². The zero-order valence-electron chi connectivity index (χ0n) is 15.5. The molecule has 0 radical (unpaired) electrons. The van der Waals surface area contributed by atoms with E-state index in [9.17, 15) is 0 Å². The van der Waals surface area contributed by atoms with Gasteiger partial charge < -0.3 is 10.2 Å². The average molecular weight is 348 g/mol. The smallest absolute Gasteiger partial charge is 0.130 e. The molecule has 2 aromatic rings. The van der Waals surface area contributed by atoms with Crippen molar-refractivity contribution in [1.82, 2.24) is 20.0 Å². The number of thiophene rings is 1. The van der Waals surface area contributed by atoms with Crippen LogP contribution in [-0.4, -0.2) is 47.9 Å². The molecular formula is C18H29N5S. The first-order valence-corrected chi connectivity index (χ1v) is 9.55. The number of hydrogen-bond donors (Lipinski definition) is 1. The van der Waals surface area contributed by atoms with Gasteiger partial charge in [0.15, 0.2) is 0 Å². The lowest BCUT2D eigenvalue weighted by atomic mass is 10.1. The highest BCUT2D eigenvalue weighted by molar-refractivity contribution is 7.10. The van der Waals surface area contributed by atoms with E-state index in [1.54, 1.807) is 4.88 Å². The Hall–Kier alpha value is -1.37. The summed E-state index contributed by atoms with van der Waals surface area (Å²) in [6.45, 7) is 8.56. The predicted octanol–water partition coefficient (Wildman–Crippen LogP) is 2.39. The number of anilines is 1. The lowest BCUT2D eigenvalue weighted by Gasteiger charge is -2.32. The van der Waals surface area contributed by atoms with Gasteiger partial charge in [-0.05, 0) is 37.3 Å². The summed E-state index contributed by atoms with van der Waals surface area (Å²) in [5.74, 6) is 1.19. The second-order valence-electron chi connectivity index (χ2n) is 6.98. The summed E-state index contributed by atoms with van der Waals surface area (Å²) in [5.41, 5.74) is 3.94. The van der Waals surface area contributed by atoms with Crippen molar-refractivity contribution in [3.63, 3.8) is 0 Å². The van der Waals surface area contributed by atoms with Crippen molar-refractivity contribution >= 4 is 17.2 Å². The van der Waals surface area contributed by atoms with Crippen LogP contribution in [0.5, 0.6) is 0 Å². The van der Waals surface area contributed by atoms with E-state index >= 15 is 0 Å². The Kier molecular flexibility index (Phi) is 5.27. The second kappa shape index (κ2) is 7.25. The summed E-state index contributed by atoms with van der Waals surface area (Å²) >= 11 is 1.91. The molecule has 24 heavy (non-hydrogen) atoms. The maximum absolute atomic E-state index is 4.56. The van der Waals surface area contributed by atoms with Crippen molar-refractivity contribution in [2.75, 3.05) is 32.1 Å². The first-order chi connectivity index (χ1) is 11.5. The van der Waals surface area contributed by atoms with Crippen molar-refractivity contribution < 1.29 is 0 Å². The molecule has 1 atom stereocenters. The number of aryl methyl sites for hydroxylation is 2. The highest BCUT2D eigenvalue weighted by Gasteiger charge is 2.21. The van der Waals surface area contributed by atoms with Crippen LogP contribution in [0.25, 0.3) is 0 Å². The number of fused-ring (bicyclic) bond motifs is 1. The van der Waals surface area contributed by atoms with Crippen LogP contribution in [0.1, 0.15) is 28.6 Å². The Balaban J connectivity index is 1.56. The SMILES string of the molecule is Cc1nn(C)c(N(C)C)c1CNC[C@@H](C)N1CCc2sccc2C1. The van der Waals surface area contributed by atoms with Crippen LogP contribution in [-0.2, 0) is 26.6 Å². The van der Waals surface area contributed by atoms with Gasteiger partial charge in [0.1, 0.15) is 5.82 Å². The molecule has 0 aliphatic carbocycles. The fourth-order valence-corrected chi connectivity index (χ4v) is 4.53. The zero-order valence-corrected chi connectivity index (χ0v) is 16.3. The molecular weight excluding hydrogens is 318 g/mol. The van der Waals surface area contributed by atoms with Gasteiger partial charge in [-0.25, -0.2) is 0 Å². The lowest BCUT2D eigenvalue weighted by Crippen LogP contribution is -2.42. The molecule has 1 aliphatic rings. The number of nitrogens with one attached hydrogen (secondary N) is 1. The maximum Gasteiger partial charge on any atom is 0.130 e. The normalized spacial score (nSPS) is 16.2. The Bertz CT molecular complexity index is 688. The Labute approximate surface area is 149 Å². The molecule has 0 saturated heterocycles. The Morgan fingerprint density at radius 3 is 2.96 bits per heavy atom. The Morgan fingerprint density at radius 1 is 1.42 bits per heavy atom. The highest BCUT2D eigenvalue weighted by Crippen LogP contribution is 2.25. The van der Waals surface area contributed by atoms with Crippen molar-refractivity contribution in [1.29, 1.82) is 0 Å². The van der Waals surface area contributed by atoms with Crippen LogP contribution < -0.4 is 10.2 Å². The molecule has 2 aromatic heterocycles. The number of hydrogen-bond acceptors (Lipinski definition) is 5. The molecule has 3 heterocycles. The van der Waals surface area contributed by atoms with Crippen molar-refractivity contribution in [2.45, 2.75) is 39.4 Å². The molecule has 0 spiro atoms. The van der Waals surface area contributed by atoms with Crippen molar-refractivity contribution in [3.8, 4) is 0 Å². The molecule has 0 bridgehead atoms. The Morgan fingerprint density at radius 2 is 2.21 bits per heavy atom.